The highest BCUT2D eigenvalue weighted by molar-refractivity contribution is 7.16. The van der Waals surface area contributed by atoms with Crippen molar-refractivity contribution < 1.29 is 9.26 Å². The van der Waals surface area contributed by atoms with Gasteiger partial charge in [-0.25, -0.2) is 4.98 Å². The summed E-state index contributed by atoms with van der Waals surface area (Å²) in [5, 5.41) is 18.7. The number of nitrogen functional groups attached to an aromatic ring is 1. The van der Waals surface area contributed by atoms with Crippen LogP contribution in [0.25, 0.3) is 11.5 Å². The van der Waals surface area contributed by atoms with Gasteiger partial charge in [0.05, 0.1) is 11.0 Å². The van der Waals surface area contributed by atoms with Crippen LogP contribution in [0, 0.1) is 11.3 Å². The molecule has 3 aromatic rings. The number of aromatic nitrogens is 3. The molecule has 10 nitrogen and oxygen atoms in total. The minimum atomic E-state index is -0.376. The van der Waals surface area contributed by atoms with Gasteiger partial charge in [0.1, 0.15) is 23.0 Å². The molecule has 3 N–H and O–H groups in total. The predicted molar refractivity (Wildman–Crippen MR) is 163 cm³/mol. The number of thiophene rings is 1. The first-order valence-corrected chi connectivity index (χ1v) is 16.2. The number of aryl methyl sites for hydroxylation is 1. The van der Waals surface area contributed by atoms with E-state index >= 15 is 0 Å². The summed E-state index contributed by atoms with van der Waals surface area (Å²) in [5.41, 5.74) is 9.42. The maximum atomic E-state index is 10.1. The van der Waals surface area contributed by atoms with E-state index < -0.39 is 0 Å². The molecule has 2 fully saturated rings. The van der Waals surface area contributed by atoms with Crippen LogP contribution >= 0.6 is 11.3 Å². The largest absolute Gasteiger partial charge is 0.473 e. The molecule has 5 heterocycles. The Balaban J connectivity index is 1.30. The van der Waals surface area contributed by atoms with Gasteiger partial charge in [0.2, 0.25) is 5.88 Å². The van der Waals surface area contributed by atoms with Gasteiger partial charge in [0.15, 0.2) is 17.3 Å². The number of nitrogens with one attached hydrogen (secondary N) is 1. The molecule has 222 valence electrons. The van der Waals surface area contributed by atoms with Crippen LogP contribution in [0.4, 0.5) is 10.8 Å². The second-order valence-corrected chi connectivity index (χ2v) is 13.6. The van der Waals surface area contributed by atoms with Crippen LogP contribution < -0.4 is 20.7 Å². The second kappa shape index (κ2) is 10.8. The van der Waals surface area contributed by atoms with E-state index in [1.54, 1.807) is 11.3 Å². The van der Waals surface area contributed by atoms with Crippen molar-refractivity contribution in [3.63, 3.8) is 0 Å². The van der Waals surface area contributed by atoms with E-state index in [-0.39, 0.29) is 11.5 Å². The van der Waals surface area contributed by atoms with E-state index in [9.17, 15) is 5.26 Å². The highest BCUT2D eigenvalue weighted by Gasteiger charge is 2.49. The molecule has 0 aromatic carbocycles. The Bertz CT molecular complexity index is 1520. The summed E-state index contributed by atoms with van der Waals surface area (Å²) in [6.45, 7) is 5.03. The molecular weight excluding hydrogens is 548 g/mol. The standard InChI is InChI=1S/C31H40N8O2S/c1-18(22-8-6-13-38(22)3)40-25-15-24(39-14-10-19(17-39)34-2)35-30(36-25)27-20-7-4-11-31(28(20)41-37-27)12-5-9-23-26(31)21(16-32)29(33)42-23/h15,18-19,22,34H,4-14,17,33H2,1-3H3/t18-,19-,22-,31-/m0/s1. The first-order chi connectivity index (χ1) is 20.4. The molecule has 2 aliphatic heterocycles. The second-order valence-electron chi connectivity index (χ2n) is 12.5. The topological polar surface area (TPSA) is 129 Å². The number of nitrogens with two attached hydrogens (primary N) is 1. The number of hydrogen-bond donors (Lipinski definition) is 2. The summed E-state index contributed by atoms with van der Waals surface area (Å²) in [5.74, 6) is 2.85. The van der Waals surface area contributed by atoms with E-state index in [1.807, 2.05) is 13.1 Å². The van der Waals surface area contributed by atoms with Crippen molar-refractivity contribution in [1.82, 2.24) is 25.3 Å². The quantitative estimate of drug-likeness (QED) is 0.431. The lowest BCUT2D eigenvalue weighted by Crippen LogP contribution is -2.38. The van der Waals surface area contributed by atoms with E-state index in [0.717, 1.165) is 93.7 Å². The molecule has 0 saturated carbocycles. The molecule has 3 aromatic heterocycles. The zero-order valence-corrected chi connectivity index (χ0v) is 25.6. The van der Waals surface area contributed by atoms with Gasteiger partial charge in [-0.05, 0) is 90.9 Å². The van der Waals surface area contributed by atoms with Crippen molar-refractivity contribution in [3.05, 3.63) is 33.4 Å². The number of likely N-dealkylation sites (N-methyl/N-ethyl adjacent to an activating group) is 2. The summed E-state index contributed by atoms with van der Waals surface area (Å²) in [7, 11) is 4.18. The highest BCUT2D eigenvalue weighted by Crippen LogP contribution is 2.55. The van der Waals surface area contributed by atoms with Crippen molar-refractivity contribution in [2.24, 2.45) is 0 Å². The lowest BCUT2D eigenvalue weighted by atomic mass is 9.63. The highest BCUT2D eigenvalue weighted by atomic mass is 32.1. The van der Waals surface area contributed by atoms with Crippen LogP contribution in [0.1, 0.15) is 79.2 Å². The zero-order valence-electron chi connectivity index (χ0n) is 24.8. The van der Waals surface area contributed by atoms with Crippen LogP contribution in [-0.2, 0) is 18.3 Å². The van der Waals surface area contributed by atoms with Crippen LogP contribution in [0.5, 0.6) is 5.88 Å². The monoisotopic (exact) mass is 588 g/mol. The molecule has 11 heteroatoms. The molecule has 4 aliphatic rings. The number of likely N-dealkylation sites (tertiary alicyclic amines) is 1. The van der Waals surface area contributed by atoms with Crippen LogP contribution in [0.2, 0.25) is 0 Å². The summed E-state index contributed by atoms with van der Waals surface area (Å²) in [6, 6.07) is 5.18. The van der Waals surface area contributed by atoms with Gasteiger partial charge in [-0.1, -0.05) is 5.16 Å². The van der Waals surface area contributed by atoms with Gasteiger partial charge in [0.25, 0.3) is 0 Å². The summed E-state index contributed by atoms with van der Waals surface area (Å²) < 4.78 is 12.8. The zero-order chi connectivity index (χ0) is 29.0. The van der Waals surface area contributed by atoms with Crippen LogP contribution in [0.15, 0.2) is 10.6 Å². The van der Waals surface area contributed by atoms with Crippen molar-refractivity contribution in [2.45, 2.75) is 88.3 Å². The van der Waals surface area contributed by atoms with Crippen molar-refractivity contribution in [3.8, 4) is 23.5 Å². The van der Waals surface area contributed by atoms with Crippen molar-refractivity contribution >= 4 is 22.2 Å². The minimum Gasteiger partial charge on any atom is -0.473 e. The molecular formula is C31H40N8O2S. The lowest BCUT2D eigenvalue weighted by Gasteiger charge is -2.39. The van der Waals surface area contributed by atoms with Crippen LogP contribution in [-0.4, -0.2) is 71.9 Å². The number of anilines is 2. The molecule has 0 unspecified atom stereocenters. The van der Waals surface area contributed by atoms with E-state index in [1.165, 1.54) is 11.3 Å². The Morgan fingerprint density at radius 3 is 2.79 bits per heavy atom. The van der Waals surface area contributed by atoms with Gasteiger partial charge < -0.3 is 25.2 Å². The fraction of sp³-hybridized carbons (Fsp3) is 0.613. The van der Waals surface area contributed by atoms with Gasteiger partial charge in [-0.3, -0.25) is 4.90 Å². The lowest BCUT2D eigenvalue weighted by molar-refractivity contribution is 0.117. The summed E-state index contributed by atoms with van der Waals surface area (Å²) in [6.07, 6.45) is 9.02. The Morgan fingerprint density at radius 2 is 2.05 bits per heavy atom. The molecule has 2 saturated heterocycles. The minimum absolute atomic E-state index is 0.000315. The Morgan fingerprint density at radius 1 is 1.21 bits per heavy atom. The maximum absolute atomic E-state index is 10.1. The molecule has 0 bridgehead atoms. The summed E-state index contributed by atoms with van der Waals surface area (Å²) >= 11 is 1.56. The fourth-order valence-corrected chi connectivity index (χ4v) is 9.12. The molecule has 1 spiro atoms. The van der Waals surface area contributed by atoms with Gasteiger partial charge in [-0.2, -0.15) is 10.2 Å². The number of hydrogen-bond acceptors (Lipinski definition) is 11. The number of nitrogens with zero attached hydrogens (tertiary/aromatic N) is 6. The predicted octanol–water partition coefficient (Wildman–Crippen LogP) is 4.27. The van der Waals surface area contributed by atoms with E-state index in [2.05, 4.69) is 40.3 Å². The Hall–Kier alpha value is -3.20. The molecule has 42 heavy (non-hydrogen) atoms. The van der Waals surface area contributed by atoms with Crippen LogP contribution in [0.3, 0.4) is 0 Å². The van der Waals surface area contributed by atoms with Gasteiger partial charge in [-0.15, -0.1) is 11.3 Å². The molecule has 7 rings (SSSR count). The normalized spacial score (nSPS) is 26.3. The third-order valence-corrected chi connectivity index (χ3v) is 11.2. The maximum Gasteiger partial charge on any atom is 0.219 e. The SMILES string of the molecule is CN[C@H]1CCN(c2cc(O[C@@H](C)[C@@H]3CCCN3C)nc(-c3noc4c3CCC[C@@]43CCCc4sc(N)c(C#N)c43)n2)C1. The average molecular weight is 589 g/mol. The van der Waals surface area contributed by atoms with Gasteiger partial charge in [0, 0.05) is 41.7 Å². The molecule has 2 aliphatic carbocycles. The fourth-order valence-electron chi connectivity index (χ4n) is 7.96. The van der Waals surface area contributed by atoms with E-state index in [0.29, 0.717) is 40.0 Å². The third-order valence-electron chi connectivity index (χ3n) is 10.1. The molecule has 0 amide bonds. The Labute approximate surface area is 251 Å². The summed E-state index contributed by atoms with van der Waals surface area (Å²) in [4.78, 5) is 15.9. The van der Waals surface area contributed by atoms with E-state index in [4.69, 9.17) is 25.0 Å². The molecule has 0 radical (unpaired) electrons. The number of ether oxygens (including phenoxy) is 1. The first kappa shape index (κ1) is 27.6. The number of nitriles is 1. The smallest absolute Gasteiger partial charge is 0.219 e. The Kier molecular flexibility index (Phi) is 7.11. The van der Waals surface area contributed by atoms with Crippen molar-refractivity contribution in [1.29, 1.82) is 5.26 Å². The number of rotatable bonds is 6. The first-order valence-electron chi connectivity index (χ1n) is 15.4. The number of fused-ring (bicyclic) bond motifs is 4. The van der Waals surface area contributed by atoms with Crippen molar-refractivity contribution in [2.75, 3.05) is 44.4 Å². The third kappa shape index (κ3) is 4.46. The molecule has 4 atom stereocenters. The van der Waals surface area contributed by atoms with Gasteiger partial charge >= 0.3 is 0 Å². The average Bonchev–Trinajstić information content (AvgIpc) is 3.78.